The quantitative estimate of drug-likeness (QED) is 0.766. The lowest BCUT2D eigenvalue weighted by atomic mass is 9.89. The molecule has 0 radical (unpaired) electrons. The smallest absolute Gasteiger partial charge is 0.119 e. The van der Waals surface area contributed by atoms with Gasteiger partial charge < -0.3 is 9.47 Å². The van der Waals surface area contributed by atoms with Gasteiger partial charge in [0.25, 0.3) is 0 Å². The molecule has 0 amide bonds. The van der Waals surface area contributed by atoms with E-state index in [1.807, 2.05) is 12.1 Å². The molecule has 3 heteroatoms. The molecule has 2 rings (SSSR count). The van der Waals surface area contributed by atoms with E-state index in [0.717, 1.165) is 25.2 Å². The number of methoxy groups -OCH3 is 1. The maximum Gasteiger partial charge on any atom is 0.119 e. The third-order valence-corrected chi connectivity index (χ3v) is 4.37. The van der Waals surface area contributed by atoms with Gasteiger partial charge in [-0.15, -0.1) is 11.6 Å². The number of alkyl halides is 1. The molecule has 0 N–H and O–H groups in total. The second-order valence-electron chi connectivity index (χ2n) is 4.89. The van der Waals surface area contributed by atoms with Crippen molar-refractivity contribution in [3.8, 4) is 5.75 Å². The number of aryl methyl sites for hydroxylation is 1. The zero-order valence-electron chi connectivity index (χ0n) is 11.3. The van der Waals surface area contributed by atoms with Crippen LogP contribution in [0.15, 0.2) is 18.2 Å². The molecule has 1 saturated heterocycles. The highest BCUT2D eigenvalue weighted by molar-refractivity contribution is 6.21. The van der Waals surface area contributed by atoms with Crippen LogP contribution >= 0.6 is 11.6 Å². The zero-order valence-corrected chi connectivity index (χ0v) is 12.0. The van der Waals surface area contributed by atoms with E-state index in [2.05, 4.69) is 19.9 Å². The largest absolute Gasteiger partial charge is 0.497 e. The molecule has 3 unspecified atom stereocenters. The Labute approximate surface area is 114 Å². The van der Waals surface area contributed by atoms with Gasteiger partial charge in [0.1, 0.15) is 5.75 Å². The summed E-state index contributed by atoms with van der Waals surface area (Å²) in [5, 5.41) is 0.0309. The molecule has 1 aliphatic heterocycles. The molecule has 3 atom stereocenters. The third kappa shape index (κ3) is 2.65. The fourth-order valence-corrected chi connectivity index (χ4v) is 3.27. The standard InChI is InChI=1S/C15H21ClO2/c1-4-14-13(7-8-18-14)15(16)12-6-5-11(17-3)9-10(12)2/h5-6,9,13-15H,4,7-8H2,1-3H3. The Hall–Kier alpha value is -0.730. The summed E-state index contributed by atoms with van der Waals surface area (Å²) in [6, 6.07) is 6.10. The maximum atomic E-state index is 6.67. The Balaban J connectivity index is 2.20. The van der Waals surface area contributed by atoms with Gasteiger partial charge in [-0.3, -0.25) is 0 Å². The van der Waals surface area contributed by atoms with Crippen LogP contribution in [-0.4, -0.2) is 19.8 Å². The van der Waals surface area contributed by atoms with Crippen LogP contribution in [0.5, 0.6) is 5.75 Å². The summed E-state index contributed by atoms with van der Waals surface area (Å²) < 4.78 is 11.0. The van der Waals surface area contributed by atoms with Gasteiger partial charge in [-0.1, -0.05) is 13.0 Å². The lowest BCUT2D eigenvalue weighted by Gasteiger charge is -2.23. The van der Waals surface area contributed by atoms with Gasteiger partial charge in [0.15, 0.2) is 0 Å². The number of hydrogen-bond acceptors (Lipinski definition) is 2. The number of halogens is 1. The van der Waals surface area contributed by atoms with Crippen molar-refractivity contribution in [2.24, 2.45) is 5.92 Å². The van der Waals surface area contributed by atoms with E-state index in [9.17, 15) is 0 Å². The summed E-state index contributed by atoms with van der Waals surface area (Å²) in [7, 11) is 1.69. The van der Waals surface area contributed by atoms with Crippen molar-refractivity contribution >= 4 is 11.6 Å². The van der Waals surface area contributed by atoms with Crippen molar-refractivity contribution in [2.45, 2.75) is 38.2 Å². The van der Waals surface area contributed by atoms with E-state index in [1.54, 1.807) is 7.11 Å². The molecule has 18 heavy (non-hydrogen) atoms. The Bertz CT molecular complexity index is 405. The molecule has 0 aliphatic carbocycles. The summed E-state index contributed by atoms with van der Waals surface area (Å²) in [5.41, 5.74) is 2.39. The molecule has 1 heterocycles. The van der Waals surface area contributed by atoms with Gasteiger partial charge in [-0.2, -0.15) is 0 Å². The van der Waals surface area contributed by atoms with Gasteiger partial charge in [0.05, 0.1) is 18.6 Å². The highest BCUT2D eigenvalue weighted by atomic mass is 35.5. The van der Waals surface area contributed by atoms with Crippen molar-refractivity contribution in [1.82, 2.24) is 0 Å². The molecule has 100 valence electrons. The van der Waals surface area contributed by atoms with Crippen molar-refractivity contribution in [1.29, 1.82) is 0 Å². The number of rotatable bonds is 4. The normalized spacial score (nSPS) is 25.1. The molecule has 0 aromatic heterocycles. The van der Waals surface area contributed by atoms with E-state index in [-0.39, 0.29) is 5.38 Å². The Morgan fingerprint density at radius 3 is 2.89 bits per heavy atom. The van der Waals surface area contributed by atoms with Crippen molar-refractivity contribution < 1.29 is 9.47 Å². The van der Waals surface area contributed by atoms with Gasteiger partial charge >= 0.3 is 0 Å². The minimum Gasteiger partial charge on any atom is -0.497 e. The second-order valence-corrected chi connectivity index (χ2v) is 5.36. The van der Waals surface area contributed by atoms with Gasteiger partial charge in [0, 0.05) is 12.5 Å². The molecule has 0 spiro atoms. The number of benzene rings is 1. The highest BCUT2D eigenvalue weighted by Crippen LogP contribution is 2.40. The van der Waals surface area contributed by atoms with Crippen molar-refractivity contribution in [3.63, 3.8) is 0 Å². The highest BCUT2D eigenvalue weighted by Gasteiger charge is 2.33. The van der Waals surface area contributed by atoms with Crippen LogP contribution in [-0.2, 0) is 4.74 Å². The first-order valence-corrected chi connectivity index (χ1v) is 7.01. The molecule has 1 fully saturated rings. The molecule has 1 aromatic carbocycles. The Morgan fingerprint density at radius 2 is 2.28 bits per heavy atom. The fraction of sp³-hybridized carbons (Fsp3) is 0.600. The fourth-order valence-electron chi connectivity index (χ4n) is 2.74. The number of ether oxygens (including phenoxy) is 2. The number of hydrogen-bond donors (Lipinski definition) is 0. The van der Waals surface area contributed by atoms with Crippen LogP contribution in [0.3, 0.4) is 0 Å². The van der Waals surface area contributed by atoms with Crippen molar-refractivity contribution in [2.75, 3.05) is 13.7 Å². The average Bonchev–Trinajstić information content (AvgIpc) is 2.86. The summed E-state index contributed by atoms with van der Waals surface area (Å²) in [6.45, 7) is 5.08. The van der Waals surface area contributed by atoms with Crippen molar-refractivity contribution in [3.05, 3.63) is 29.3 Å². The first-order valence-electron chi connectivity index (χ1n) is 6.57. The minimum absolute atomic E-state index is 0.0309. The molecule has 0 bridgehead atoms. The van der Waals surface area contributed by atoms with E-state index in [1.165, 1.54) is 11.1 Å². The average molecular weight is 269 g/mol. The first kappa shape index (κ1) is 13.7. The monoisotopic (exact) mass is 268 g/mol. The second kappa shape index (κ2) is 5.94. The Morgan fingerprint density at radius 1 is 1.50 bits per heavy atom. The van der Waals surface area contributed by atoms with Crippen LogP contribution in [0.2, 0.25) is 0 Å². The molecular formula is C15H21ClO2. The molecule has 1 aliphatic rings. The minimum atomic E-state index is 0.0309. The first-order chi connectivity index (χ1) is 8.67. The molecule has 2 nitrogen and oxygen atoms in total. The van der Waals surface area contributed by atoms with Crippen LogP contribution < -0.4 is 4.74 Å². The molecular weight excluding hydrogens is 248 g/mol. The molecule has 1 aromatic rings. The van der Waals surface area contributed by atoms with E-state index < -0.39 is 0 Å². The van der Waals surface area contributed by atoms with Gasteiger partial charge in [-0.05, 0) is 43.0 Å². The third-order valence-electron chi connectivity index (χ3n) is 3.81. The van der Waals surface area contributed by atoms with Crippen LogP contribution in [0.4, 0.5) is 0 Å². The summed E-state index contributed by atoms with van der Waals surface area (Å²) >= 11 is 6.67. The van der Waals surface area contributed by atoms with E-state index in [0.29, 0.717) is 12.0 Å². The summed E-state index contributed by atoms with van der Waals surface area (Å²) in [6.07, 6.45) is 2.38. The van der Waals surface area contributed by atoms with E-state index in [4.69, 9.17) is 21.1 Å². The van der Waals surface area contributed by atoms with Crippen LogP contribution in [0.25, 0.3) is 0 Å². The summed E-state index contributed by atoms with van der Waals surface area (Å²) in [4.78, 5) is 0. The molecule has 0 saturated carbocycles. The van der Waals surface area contributed by atoms with Crippen LogP contribution in [0.1, 0.15) is 36.3 Å². The van der Waals surface area contributed by atoms with Gasteiger partial charge in [-0.25, -0.2) is 0 Å². The zero-order chi connectivity index (χ0) is 13.1. The van der Waals surface area contributed by atoms with Gasteiger partial charge in [0.2, 0.25) is 0 Å². The lowest BCUT2D eigenvalue weighted by Crippen LogP contribution is -2.19. The summed E-state index contributed by atoms with van der Waals surface area (Å²) in [5.74, 6) is 1.30. The van der Waals surface area contributed by atoms with Crippen LogP contribution in [0, 0.1) is 12.8 Å². The topological polar surface area (TPSA) is 18.5 Å². The Kier molecular flexibility index (Phi) is 4.52. The lowest BCUT2D eigenvalue weighted by molar-refractivity contribution is 0.0864. The maximum absolute atomic E-state index is 6.67. The predicted molar refractivity (Wildman–Crippen MR) is 74.5 cm³/mol. The predicted octanol–water partition coefficient (Wildman–Crippen LogP) is 4.10. The van der Waals surface area contributed by atoms with E-state index >= 15 is 0 Å². The SMILES string of the molecule is CCC1OCCC1C(Cl)c1ccc(OC)cc1C.